The van der Waals surface area contributed by atoms with Crippen LogP contribution in [-0.4, -0.2) is 64.7 Å². The van der Waals surface area contributed by atoms with Gasteiger partial charge in [0.05, 0.1) is 17.6 Å². The number of benzene rings is 1. The van der Waals surface area contributed by atoms with E-state index in [0.29, 0.717) is 31.8 Å². The second kappa shape index (κ2) is 9.88. The minimum absolute atomic E-state index is 0.0451. The van der Waals surface area contributed by atoms with Crippen LogP contribution in [0.15, 0.2) is 12.1 Å². The maximum absolute atomic E-state index is 13.0. The number of carboxylic acid groups (broad SMARTS) is 1. The number of aliphatic carboxylic acids is 1. The number of carbonyl (C=O) groups is 2. The zero-order chi connectivity index (χ0) is 25.5. The predicted octanol–water partition coefficient (Wildman–Crippen LogP) is 5.05. The van der Waals surface area contributed by atoms with Gasteiger partial charge in [-0.1, -0.05) is 13.0 Å². The fourth-order valence-corrected chi connectivity index (χ4v) is 6.85. The number of carbonyl (C=O) groups excluding carboxylic acids is 1. The molecule has 2 amide bonds. The highest BCUT2D eigenvalue weighted by Gasteiger charge is 2.49. The summed E-state index contributed by atoms with van der Waals surface area (Å²) in [4.78, 5) is 29.4. The van der Waals surface area contributed by atoms with Crippen LogP contribution in [0.1, 0.15) is 94.2 Å². The molecule has 0 radical (unpaired) electrons. The van der Waals surface area contributed by atoms with Gasteiger partial charge >= 0.3 is 12.0 Å². The van der Waals surface area contributed by atoms with Crippen molar-refractivity contribution in [2.24, 2.45) is 5.41 Å². The summed E-state index contributed by atoms with van der Waals surface area (Å²) in [5, 5.41) is 13.1. The van der Waals surface area contributed by atoms with Crippen LogP contribution in [0.2, 0.25) is 0 Å². The average Bonchev–Trinajstić information content (AvgIpc) is 3.66. The Morgan fingerprint density at radius 2 is 1.81 bits per heavy atom. The van der Waals surface area contributed by atoms with Crippen molar-refractivity contribution in [2.75, 3.05) is 26.2 Å². The van der Waals surface area contributed by atoms with E-state index >= 15 is 0 Å². The van der Waals surface area contributed by atoms with E-state index in [4.69, 9.17) is 4.74 Å². The van der Waals surface area contributed by atoms with Gasteiger partial charge in [0.1, 0.15) is 5.75 Å². The number of urea groups is 1. The zero-order valence-electron chi connectivity index (χ0n) is 22.3. The monoisotopic (exact) mass is 497 g/mol. The number of ether oxygens (including phenoxy) is 1. The minimum atomic E-state index is -0.676. The molecule has 36 heavy (non-hydrogen) atoms. The molecular formula is C29H43N3O4. The van der Waals surface area contributed by atoms with Gasteiger partial charge < -0.3 is 20.1 Å². The summed E-state index contributed by atoms with van der Waals surface area (Å²) in [5.41, 5.74) is 3.38. The lowest BCUT2D eigenvalue weighted by Gasteiger charge is -2.41. The van der Waals surface area contributed by atoms with Crippen LogP contribution in [0.25, 0.3) is 0 Å². The normalized spacial score (nSPS) is 28.4. The standard InChI is InChI=1S/C29H43N3O4/c1-4-28(26(33)34)10-8-23(9-11-28)32-19-29(30-27(32)35)12-14-31(15-13-29)18-22-17-25(36-5-2)20(3)16-24(22)21-6-7-21/h16-17,21,23H,4-15,18-19H2,1-3H3,(H,30,35)(H,33,34)/t23-,28-. The summed E-state index contributed by atoms with van der Waals surface area (Å²) in [6.45, 7) is 10.5. The van der Waals surface area contributed by atoms with Gasteiger partial charge in [0, 0.05) is 32.2 Å². The fraction of sp³-hybridized carbons (Fsp3) is 0.724. The fourth-order valence-electron chi connectivity index (χ4n) is 6.85. The lowest BCUT2D eigenvalue weighted by atomic mass is 9.70. The van der Waals surface area contributed by atoms with Crippen molar-refractivity contribution in [2.45, 2.75) is 103 Å². The van der Waals surface area contributed by atoms with Crippen molar-refractivity contribution in [3.05, 3.63) is 28.8 Å². The second-order valence-corrected chi connectivity index (χ2v) is 11.8. The van der Waals surface area contributed by atoms with Crippen molar-refractivity contribution in [3.8, 4) is 5.75 Å². The number of amides is 2. The van der Waals surface area contributed by atoms with Gasteiger partial charge in [-0.05, 0) is 100 Å². The lowest BCUT2D eigenvalue weighted by molar-refractivity contribution is -0.152. The lowest BCUT2D eigenvalue weighted by Crippen LogP contribution is -2.52. The van der Waals surface area contributed by atoms with E-state index in [1.165, 1.54) is 29.5 Å². The van der Waals surface area contributed by atoms with Crippen LogP contribution in [0, 0.1) is 12.3 Å². The van der Waals surface area contributed by atoms with E-state index in [1.807, 2.05) is 18.7 Å². The summed E-state index contributed by atoms with van der Waals surface area (Å²) >= 11 is 0. The zero-order valence-corrected chi connectivity index (χ0v) is 22.3. The molecule has 2 saturated heterocycles. The molecule has 4 fully saturated rings. The van der Waals surface area contributed by atoms with Crippen molar-refractivity contribution in [1.82, 2.24) is 15.1 Å². The van der Waals surface area contributed by atoms with Gasteiger partial charge in [-0.15, -0.1) is 0 Å². The van der Waals surface area contributed by atoms with E-state index in [-0.39, 0.29) is 17.6 Å². The summed E-state index contributed by atoms with van der Waals surface area (Å²) < 4.78 is 5.91. The molecule has 1 spiro atoms. The molecule has 2 aliphatic carbocycles. The van der Waals surface area contributed by atoms with E-state index in [0.717, 1.165) is 57.6 Å². The molecule has 0 aromatic heterocycles. The van der Waals surface area contributed by atoms with Gasteiger partial charge in [0.25, 0.3) is 0 Å². The Bertz CT molecular complexity index is 988. The Kier molecular flexibility index (Phi) is 6.96. The van der Waals surface area contributed by atoms with Gasteiger partial charge in [-0.25, -0.2) is 4.79 Å². The van der Waals surface area contributed by atoms with Crippen LogP contribution < -0.4 is 10.1 Å². The number of hydrogen-bond donors (Lipinski definition) is 2. The molecule has 1 aromatic carbocycles. The molecular weight excluding hydrogens is 454 g/mol. The first kappa shape index (κ1) is 25.4. The highest BCUT2D eigenvalue weighted by Crippen LogP contribution is 2.45. The summed E-state index contributed by atoms with van der Waals surface area (Å²) in [5.74, 6) is 1.03. The summed E-state index contributed by atoms with van der Waals surface area (Å²) in [7, 11) is 0. The first-order valence-electron chi connectivity index (χ1n) is 14.1. The Balaban J connectivity index is 1.20. The summed E-state index contributed by atoms with van der Waals surface area (Å²) in [6, 6.07) is 4.82. The third-order valence-electron chi connectivity index (χ3n) is 9.55. The largest absolute Gasteiger partial charge is 0.494 e. The quantitative estimate of drug-likeness (QED) is 0.525. The van der Waals surface area contributed by atoms with Crippen molar-refractivity contribution in [1.29, 1.82) is 0 Å². The topological polar surface area (TPSA) is 82.1 Å². The molecule has 7 nitrogen and oxygen atoms in total. The number of nitrogens with one attached hydrogen (secondary N) is 1. The number of rotatable bonds is 8. The molecule has 2 aliphatic heterocycles. The van der Waals surface area contributed by atoms with Crippen molar-refractivity contribution in [3.63, 3.8) is 0 Å². The molecule has 198 valence electrons. The average molecular weight is 498 g/mol. The Labute approximate surface area is 215 Å². The SMILES string of the molecule is CCOc1cc(CN2CCC3(CC2)CN([C@H]2CC[C@](CC)(C(=O)O)CC2)C(=O)N3)c(C2CC2)cc1C. The molecule has 1 aromatic rings. The van der Waals surface area contributed by atoms with Gasteiger partial charge in [-0.3, -0.25) is 9.69 Å². The first-order valence-corrected chi connectivity index (χ1v) is 14.1. The molecule has 2 saturated carbocycles. The van der Waals surface area contributed by atoms with Gasteiger partial charge in [0.15, 0.2) is 0 Å². The molecule has 4 aliphatic rings. The third-order valence-corrected chi connectivity index (χ3v) is 9.55. The van der Waals surface area contributed by atoms with Crippen LogP contribution in [0.4, 0.5) is 4.79 Å². The number of carboxylic acids is 1. The predicted molar refractivity (Wildman–Crippen MR) is 139 cm³/mol. The molecule has 0 bridgehead atoms. The molecule has 7 heteroatoms. The van der Waals surface area contributed by atoms with E-state index in [1.54, 1.807) is 0 Å². The maximum Gasteiger partial charge on any atom is 0.318 e. The molecule has 2 heterocycles. The van der Waals surface area contributed by atoms with Crippen molar-refractivity contribution < 1.29 is 19.4 Å². The molecule has 0 atom stereocenters. The number of likely N-dealkylation sites (tertiary alicyclic amines) is 1. The van der Waals surface area contributed by atoms with Crippen LogP contribution in [-0.2, 0) is 11.3 Å². The van der Waals surface area contributed by atoms with E-state index in [9.17, 15) is 14.7 Å². The second-order valence-electron chi connectivity index (χ2n) is 11.8. The molecule has 2 N–H and O–H groups in total. The van der Waals surface area contributed by atoms with Crippen LogP contribution in [0.5, 0.6) is 5.75 Å². The number of aryl methyl sites for hydroxylation is 1. The Morgan fingerprint density at radius 3 is 2.39 bits per heavy atom. The number of nitrogens with zero attached hydrogens (tertiary/aromatic N) is 2. The van der Waals surface area contributed by atoms with Gasteiger partial charge in [0.2, 0.25) is 0 Å². The van der Waals surface area contributed by atoms with Crippen LogP contribution in [0.3, 0.4) is 0 Å². The van der Waals surface area contributed by atoms with Crippen LogP contribution >= 0.6 is 0 Å². The van der Waals surface area contributed by atoms with Gasteiger partial charge in [-0.2, -0.15) is 0 Å². The summed E-state index contributed by atoms with van der Waals surface area (Å²) in [6.07, 6.45) is 8.06. The molecule has 0 unspecified atom stereocenters. The highest BCUT2D eigenvalue weighted by atomic mass is 16.5. The van der Waals surface area contributed by atoms with E-state index in [2.05, 4.69) is 29.3 Å². The maximum atomic E-state index is 13.0. The number of hydrogen-bond acceptors (Lipinski definition) is 4. The Morgan fingerprint density at radius 1 is 1.11 bits per heavy atom. The third kappa shape index (κ3) is 4.83. The van der Waals surface area contributed by atoms with E-state index < -0.39 is 11.4 Å². The number of piperidine rings is 1. The molecule has 5 rings (SSSR count). The van der Waals surface area contributed by atoms with Crippen molar-refractivity contribution >= 4 is 12.0 Å². The smallest absolute Gasteiger partial charge is 0.318 e. The first-order chi connectivity index (χ1) is 17.3. The Hall–Kier alpha value is -2.28. The minimum Gasteiger partial charge on any atom is -0.494 e. The highest BCUT2D eigenvalue weighted by molar-refractivity contribution is 5.78.